The van der Waals surface area contributed by atoms with Crippen LogP contribution in [0.4, 0.5) is 17.3 Å². The van der Waals surface area contributed by atoms with Gasteiger partial charge in [-0.05, 0) is 126 Å². The lowest BCUT2D eigenvalue weighted by molar-refractivity contribution is 0.927. The summed E-state index contributed by atoms with van der Waals surface area (Å²) in [6.07, 6.45) is 0. The summed E-state index contributed by atoms with van der Waals surface area (Å²) in [5.74, 6) is 1.72. The summed E-state index contributed by atoms with van der Waals surface area (Å²) < 4.78 is 0. The Balaban J connectivity index is 1.23. The standard InChI is InChI=1S/C62H52N4/c1-40-35-42(3)57(43(4)36-40)59(58-44(5)37-41(2)38-45(58)6)55-33-34-56(54-28-17-16-27-53(54)55)66(52-26-18-25-51(39-52)47-21-12-8-13-22-47)62-64-60(49-23-14-9-15-24-49)63-61(65-62)50-31-29-48(30-32-50)46-19-10-7-11-20-46/h7-39,59H,1-6H3. The van der Waals surface area contributed by atoms with E-state index < -0.39 is 0 Å². The predicted octanol–water partition coefficient (Wildman–Crippen LogP) is 16.2. The van der Waals surface area contributed by atoms with Crippen molar-refractivity contribution in [1.82, 2.24) is 15.0 Å². The molecule has 4 heteroatoms. The first-order valence-corrected chi connectivity index (χ1v) is 22.8. The normalized spacial score (nSPS) is 11.3. The summed E-state index contributed by atoms with van der Waals surface area (Å²) in [5.41, 5.74) is 20.0. The molecule has 0 aliphatic carbocycles. The van der Waals surface area contributed by atoms with Crippen molar-refractivity contribution < 1.29 is 0 Å². The molecule has 0 bridgehead atoms. The van der Waals surface area contributed by atoms with Gasteiger partial charge in [0.15, 0.2) is 11.6 Å². The van der Waals surface area contributed by atoms with E-state index in [-0.39, 0.29) is 5.92 Å². The second-order valence-electron chi connectivity index (χ2n) is 17.6. The molecule has 0 amide bonds. The molecular weight excluding hydrogens is 801 g/mol. The highest BCUT2D eigenvalue weighted by Crippen LogP contribution is 2.46. The highest BCUT2D eigenvalue weighted by atomic mass is 15.3. The lowest BCUT2D eigenvalue weighted by Crippen LogP contribution is -2.17. The Morgan fingerprint density at radius 3 is 1.32 bits per heavy atom. The molecule has 0 aliphatic heterocycles. The van der Waals surface area contributed by atoms with Crippen molar-refractivity contribution in [3.05, 3.63) is 250 Å². The molecule has 320 valence electrons. The summed E-state index contributed by atoms with van der Waals surface area (Å²) in [6, 6.07) is 71.3. The molecule has 0 saturated carbocycles. The van der Waals surface area contributed by atoms with Crippen LogP contribution in [-0.2, 0) is 0 Å². The fourth-order valence-electron chi connectivity index (χ4n) is 10.1. The van der Waals surface area contributed by atoms with E-state index >= 15 is 0 Å². The van der Waals surface area contributed by atoms with Crippen molar-refractivity contribution in [2.24, 2.45) is 0 Å². The molecule has 10 aromatic rings. The van der Waals surface area contributed by atoms with E-state index in [9.17, 15) is 0 Å². The number of anilines is 3. The van der Waals surface area contributed by atoms with Crippen molar-refractivity contribution >= 4 is 28.1 Å². The number of aryl methyl sites for hydroxylation is 6. The molecule has 1 aromatic heterocycles. The number of hydrogen-bond donors (Lipinski definition) is 0. The second kappa shape index (κ2) is 17.9. The van der Waals surface area contributed by atoms with Gasteiger partial charge in [-0.25, -0.2) is 4.98 Å². The van der Waals surface area contributed by atoms with Crippen molar-refractivity contribution in [3.8, 4) is 45.0 Å². The van der Waals surface area contributed by atoms with Crippen LogP contribution in [0.2, 0.25) is 0 Å². The average molecular weight is 853 g/mol. The Hall–Kier alpha value is -7.95. The third-order valence-corrected chi connectivity index (χ3v) is 12.9. The summed E-state index contributed by atoms with van der Waals surface area (Å²) in [5, 5.41) is 2.28. The van der Waals surface area contributed by atoms with Crippen LogP contribution in [0.1, 0.15) is 56.0 Å². The zero-order chi connectivity index (χ0) is 45.3. The lowest BCUT2D eigenvalue weighted by Gasteiger charge is -2.30. The summed E-state index contributed by atoms with van der Waals surface area (Å²) in [7, 11) is 0. The van der Waals surface area contributed by atoms with Gasteiger partial charge in [0.2, 0.25) is 5.95 Å². The topological polar surface area (TPSA) is 41.9 Å². The first-order chi connectivity index (χ1) is 32.2. The fourth-order valence-corrected chi connectivity index (χ4v) is 10.1. The second-order valence-corrected chi connectivity index (χ2v) is 17.6. The van der Waals surface area contributed by atoms with Crippen LogP contribution in [0.5, 0.6) is 0 Å². The van der Waals surface area contributed by atoms with E-state index in [1.165, 1.54) is 55.5 Å². The number of fused-ring (bicyclic) bond motifs is 1. The number of benzene rings is 9. The predicted molar refractivity (Wildman–Crippen MR) is 276 cm³/mol. The van der Waals surface area contributed by atoms with Gasteiger partial charge >= 0.3 is 0 Å². The van der Waals surface area contributed by atoms with E-state index in [1.54, 1.807) is 0 Å². The van der Waals surface area contributed by atoms with Crippen molar-refractivity contribution in [3.63, 3.8) is 0 Å². The Morgan fingerprint density at radius 1 is 0.348 bits per heavy atom. The van der Waals surface area contributed by atoms with E-state index in [2.05, 4.69) is 222 Å². The highest BCUT2D eigenvalue weighted by molar-refractivity contribution is 6.01. The maximum absolute atomic E-state index is 5.41. The molecule has 0 N–H and O–H groups in total. The van der Waals surface area contributed by atoms with Crippen LogP contribution in [0.3, 0.4) is 0 Å². The highest BCUT2D eigenvalue weighted by Gasteiger charge is 2.29. The van der Waals surface area contributed by atoms with Gasteiger partial charge in [0.05, 0.1) is 5.69 Å². The van der Waals surface area contributed by atoms with Gasteiger partial charge in [0.1, 0.15) is 0 Å². The maximum atomic E-state index is 5.41. The molecule has 0 radical (unpaired) electrons. The molecule has 0 saturated heterocycles. The molecule has 0 unspecified atom stereocenters. The Labute approximate surface area is 389 Å². The monoisotopic (exact) mass is 852 g/mol. The molecular formula is C62H52N4. The first-order valence-electron chi connectivity index (χ1n) is 22.8. The number of rotatable bonds is 10. The van der Waals surface area contributed by atoms with E-state index in [1.807, 2.05) is 24.3 Å². The van der Waals surface area contributed by atoms with Crippen LogP contribution in [0, 0.1) is 41.5 Å². The van der Waals surface area contributed by atoms with Crippen LogP contribution in [0.25, 0.3) is 55.8 Å². The van der Waals surface area contributed by atoms with Gasteiger partial charge in [-0.1, -0.05) is 193 Å². The van der Waals surface area contributed by atoms with Gasteiger partial charge in [-0.15, -0.1) is 0 Å². The van der Waals surface area contributed by atoms with E-state index in [4.69, 9.17) is 15.0 Å². The van der Waals surface area contributed by atoms with Crippen LogP contribution in [0.15, 0.2) is 200 Å². The number of aromatic nitrogens is 3. The minimum absolute atomic E-state index is 0.00710. The largest absolute Gasteiger partial charge is 0.278 e. The third kappa shape index (κ3) is 8.19. The summed E-state index contributed by atoms with van der Waals surface area (Å²) >= 11 is 0. The Bertz CT molecular complexity index is 3260. The van der Waals surface area contributed by atoms with Gasteiger partial charge in [-0.3, -0.25) is 4.90 Å². The summed E-state index contributed by atoms with van der Waals surface area (Å²) in [6.45, 7) is 13.5. The van der Waals surface area contributed by atoms with Crippen molar-refractivity contribution in [2.45, 2.75) is 47.5 Å². The molecule has 1 heterocycles. The van der Waals surface area contributed by atoms with E-state index in [0.717, 1.165) is 50.1 Å². The fraction of sp³-hybridized carbons (Fsp3) is 0.113. The van der Waals surface area contributed by atoms with Gasteiger partial charge in [-0.2, -0.15) is 9.97 Å². The average Bonchev–Trinajstić information content (AvgIpc) is 3.34. The van der Waals surface area contributed by atoms with Gasteiger partial charge in [0, 0.05) is 28.1 Å². The molecule has 4 nitrogen and oxygen atoms in total. The molecule has 0 atom stereocenters. The minimum Gasteiger partial charge on any atom is -0.278 e. The molecule has 10 rings (SSSR count). The van der Waals surface area contributed by atoms with Crippen LogP contribution < -0.4 is 4.90 Å². The smallest absolute Gasteiger partial charge is 0.238 e. The lowest BCUT2D eigenvalue weighted by atomic mass is 9.75. The molecule has 66 heavy (non-hydrogen) atoms. The molecule has 0 fully saturated rings. The minimum atomic E-state index is -0.00710. The quantitative estimate of drug-likeness (QED) is 0.129. The molecule has 0 spiro atoms. The Morgan fingerprint density at radius 2 is 0.773 bits per heavy atom. The zero-order valence-corrected chi connectivity index (χ0v) is 38.4. The maximum Gasteiger partial charge on any atom is 0.238 e. The van der Waals surface area contributed by atoms with Gasteiger partial charge in [0.25, 0.3) is 0 Å². The van der Waals surface area contributed by atoms with E-state index in [0.29, 0.717) is 17.6 Å². The zero-order valence-electron chi connectivity index (χ0n) is 38.4. The summed E-state index contributed by atoms with van der Waals surface area (Å²) in [4.78, 5) is 18.2. The Kier molecular flexibility index (Phi) is 11.4. The molecule has 9 aromatic carbocycles. The first kappa shape index (κ1) is 42.0. The number of hydrogen-bond acceptors (Lipinski definition) is 4. The van der Waals surface area contributed by atoms with Crippen molar-refractivity contribution in [1.29, 1.82) is 0 Å². The van der Waals surface area contributed by atoms with Crippen molar-refractivity contribution in [2.75, 3.05) is 4.90 Å². The molecule has 0 aliphatic rings. The SMILES string of the molecule is Cc1cc(C)c(C(c2c(C)cc(C)cc2C)c2ccc(N(c3cccc(-c4ccccc4)c3)c3nc(-c4ccccc4)nc(-c4ccc(-c5ccccc5)cc4)n3)c3ccccc23)c(C)c1. The third-order valence-electron chi connectivity index (χ3n) is 12.9. The van der Waals surface area contributed by atoms with Crippen LogP contribution >= 0.6 is 0 Å². The van der Waals surface area contributed by atoms with Crippen LogP contribution in [-0.4, -0.2) is 15.0 Å². The number of nitrogens with zero attached hydrogens (tertiary/aromatic N) is 4. The van der Waals surface area contributed by atoms with Gasteiger partial charge < -0.3 is 0 Å².